The van der Waals surface area contributed by atoms with Crippen molar-refractivity contribution in [2.75, 3.05) is 6.54 Å². The minimum absolute atomic E-state index is 0.156. The number of nitrogens with one attached hydrogen (secondary N) is 2. The molecular formula is C18H26BN3O4. The monoisotopic (exact) mass is 359 g/mol. The quantitative estimate of drug-likeness (QED) is 0.717. The van der Waals surface area contributed by atoms with Gasteiger partial charge in [0, 0.05) is 29.8 Å². The van der Waals surface area contributed by atoms with Crippen LogP contribution in [0.4, 0.5) is 0 Å². The van der Waals surface area contributed by atoms with Crippen molar-refractivity contribution in [2.45, 2.75) is 58.3 Å². The smallest absolute Gasteiger partial charge is 0.399 e. The maximum Gasteiger partial charge on any atom is 0.496 e. The fourth-order valence-corrected chi connectivity index (χ4v) is 2.71. The Kier molecular flexibility index (Phi) is 4.41. The molecule has 2 aromatic heterocycles. The van der Waals surface area contributed by atoms with E-state index >= 15 is 0 Å². The summed E-state index contributed by atoms with van der Waals surface area (Å²) in [5.41, 5.74) is -0.0375. The van der Waals surface area contributed by atoms with Crippen LogP contribution in [0, 0.1) is 0 Å². The highest BCUT2D eigenvalue weighted by Crippen LogP contribution is 2.36. The lowest BCUT2D eigenvalue weighted by Crippen LogP contribution is -2.41. The molecule has 1 amide bonds. The van der Waals surface area contributed by atoms with Gasteiger partial charge in [-0.25, -0.2) is 4.98 Å². The van der Waals surface area contributed by atoms with Crippen molar-refractivity contribution in [1.29, 1.82) is 0 Å². The van der Waals surface area contributed by atoms with Crippen LogP contribution in [0.2, 0.25) is 0 Å². The van der Waals surface area contributed by atoms with E-state index in [-0.39, 0.29) is 12.5 Å². The molecule has 0 aromatic carbocycles. The summed E-state index contributed by atoms with van der Waals surface area (Å²) in [6.07, 6.45) is 3.31. The molecule has 0 saturated carbocycles. The zero-order valence-electron chi connectivity index (χ0n) is 16.1. The molecule has 7 nitrogen and oxygen atoms in total. The maximum atomic E-state index is 12.5. The lowest BCUT2D eigenvalue weighted by Gasteiger charge is -2.32. The normalized spacial score (nSPS) is 19.1. The highest BCUT2D eigenvalue weighted by atomic mass is 16.7. The fourth-order valence-electron chi connectivity index (χ4n) is 2.71. The molecule has 1 fully saturated rings. The first kappa shape index (κ1) is 18.9. The lowest BCUT2D eigenvalue weighted by molar-refractivity contribution is 0.00578. The van der Waals surface area contributed by atoms with Gasteiger partial charge >= 0.3 is 7.12 Å². The number of nitrogens with zero attached hydrogens (tertiary/aromatic N) is 1. The summed E-state index contributed by atoms with van der Waals surface area (Å²) >= 11 is 0. The third-order valence-electron chi connectivity index (χ3n) is 5.00. The van der Waals surface area contributed by atoms with Crippen molar-refractivity contribution in [1.82, 2.24) is 15.3 Å². The Bertz CT molecular complexity index is 823. The largest absolute Gasteiger partial charge is 0.496 e. The molecule has 1 aliphatic rings. The Morgan fingerprint density at radius 3 is 2.50 bits per heavy atom. The Labute approximate surface area is 153 Å². The predicted octanol–water partition coefficient (Wildman–Crippen LogP) is 1.36. The molecular weight excluding hydrogens is 333 g/mol. The zero-order chi connectivity index (χ0) is 19.3. The molecule has 0 atom stereocenters. The van der Waals surface area contributed by atoms with Crippen LogP contribution >= 0.6 is 0 Å². The average Bonchev–Trinajstić information content (AvgIpc) is 3.02. The number of aromatic amines is 1. The lowest BCUT2D eigenvalue weighted by atomic mass is 9.80. The minimum Gasteiger partial charge on any atom is -0.399 e. The molecule has 1 aliphatic heterocycles. The molecule has 0 bridgehead atoms. The molecule has 8 heteroatoms. The third kappa shape index (κ3) is 3.49. The van der Waals surface area contributed by atoms with Crippen LogP contribution in [-0.4, -0.2) is 51.4 Å². The number of carbonyl (C=O) groups excluding carboxylic acids is 1. The van der Waals surface area contributed by atoms with E-state index in [4.69, 9.17) is 9.31 Å². The van der Waals surface area contributed by atoms with Crippen LogP contribution in [0.15, 0.2) is 18.5 Å². The van der Waals surface area contributed by atoms with E-state index in [9.17, 15) is 9.90 Å². The van der Waals surface area contributed by atoms with Gasteiger partial charge in [0.25, 0.3) is 5.91 Å². The Morgan fingerprint density at radius 2 is 1.92 bits per heavy atom. The average molecular weight is 359 g/mol. The summed E-state index contributed by atoms with van der Waals surface area (Å²) < 4.78 is 12.1. The number of aliphatic hydroxyl groups is 1. The second-order valence-corrected chi connectivity index (χ2v) is 8.45. The first-order chi connectivity index (χ1) is 11.9. The van der Waals surface area contributed by atoms with Crippen molar-refractivity contribution in [3.63, 3.8) is 0 Å². The summed E-state index contributed by atoms with van der Waals surface area (Å²) in [5, 5.41) is 13.2. The number of rotatable bonds is 4. The number of hydrogen-bond acceptors (Lipinski definition) is 5. The SMILES string of the molecule is CC(C)(O)CNC(=O)c1c[nH]c2ncc(B3OC(C)(C)C(C)(C)O3)cc12. The number of fused-ring (bicyclic) bond motifs is 1. The molecule has 140 valence electrons. The third-order valence-corrected chi connectivity index (χ3v) is 5.00. The Morgan fingerprint density at radius 1 is 1.31 bits per heavy atom. The Hall–Kier alpha value is -1.90. The first-order valence-corrected chi connectivity index (χ1v) is 8.73. The number of hydrogen-bond donors (Lipinski definition) is 3. The van der Waals surface area contributed by atoms with Crippen LogP contribution in [0.5, 0.6) is 0 Å². The molecule has 0 spiro atoms. The second kappa shape index (κ2) is 6.08. The molecule has 3 N–H and O–H groups in total. The van der Waals surface area contributed by atoms with Gasteiger partial charge in [-0.3, -0.25) is 4.79 Å². The second-order valence-electron chi connectivity index (χ2n) is 8.45. The van der Waals surface area contributed by atoms with Crippen LogP contribution in [0.1, 0.15) is 51.9 Å². The predicted molar refractivity (Wildman–Crippen MR) is 100 cm³/mol. The highest BCUT2D eigenvalue weighted by molar-refractivity contribution is 6.62. The highest BCUT2D eigenvalue weighted by Gasteiger charge is 2.51. The molecule has 3 heterocycles. The topological polar surface area (TPSA) is 96.5 Å². The van der Waals surface area contributed by atoms with Crippen molar-refractivity contribution in [2.24, 2.45) is 0 Å². The van der Waals surface area contributed by atoms with Crippen LogP contribution < -0.4 is 10.8 Å². The molecule has 0 aliphatic carbocycles. The number of H-pyrrole nitrogens is 1. The van der Waals surface area contributed by atoms with Gasteiger partial charge in [-0.2, -0.15) is 0 Å². The molecule has 1 saturated heterocycles. The van der Waals surface area contributed by atoms with Crippen molar-refractivity contribution >= 4 is 29.5 Å². The van der Waals surface area contributed by atoms with Crippen molar-refractivity contribution in [3.8, 4) is 0 Å². The van der Waals surface area contributed by atoms with E-state index < -0.39 is 23.9 Å². The molecule has 0 unspecified atom stereocenters. The molecule has 2 aromatic rings. The van der Waals surface area contributed by atoms with Crippen LogP contribution in [0.3, 0.4) is 0 Å². The summed E-state index contributed by atoms with van der Waals surface area (Å²) in [6, 6.07) is 1.86. The molecule has 0 radical (unpaired) electrons. The van der Waals surface area contributed by atoms with Gasteiger partial charge in [-0.05, 0) is 47.6 Å². The fraction of sp³-hybridized carbons (Fsp3) is 0.556. The standard InChI is InChI=1S/C18H26BN3O4/c1-16(2,24)10-22-15(23)13-9-21-14-12(13)7-11(8-20-14)19-25-17(3,4)18(5,6)26-19/h7-9,24H,10H2,1-6H3,(H,20,21)(H,22,23). The van der Waals surface area contributed by atoms with Crippen LogP contribution in [-0.2, 0) is 9.31 Å². The Balaban J connectivity index is 1.88. The van der Waals surface area contributed by atoms with E-state index in [2.05, 4.69) is 15.3 Å². The van der Waals surface area contributed by atoms with Gasteiger partial charge < -0.3 is 24.7 Å². The van der Waals surface area contributed by atoms with E-state index in [1.54, 1.807) is 26.2 Å². The van der Waals surface area contributed by atoms with Crippen LogP contribution in [0.25, 0.3) is 11.0 Å². The minimum atomic E-state index is -0.978. The molecule has 26 heavy (non-hydrogen) atoms. The summed E-state index contributed by atoms with van der Waals surface area (Å²) in [4.78, 5) is 19.9. The van der Waals surface area contributed by atoms with Crippen molar-refractivity contribution < 1.29 is 19.2 Å². The van der Waals surface area contributed by atoms with Gasteiger partial charge in [0.2, 0.25) is 0 Å². The zero-order valence-corrected chi connectivity index (χ0v) is 16.1. The molecule has 3 rings (SSSR count). The maximum absolute atomic E-state index is 12.5. The summed E-state index contributed by atoms with van der Waals surface area (Å²) in [7, 11) is -0.543. The van der Waals surface area contributed by atoms with Gasteiger partial charge in [0.05, 0.1) is 22.4 Å². The van der Waals surface area contributed by atoms with Gasteiger partial charge in [0.15, 0.2) is 0 Å². The number of pyridine rings is 1. The summed E-state index contributed by atoms with van der Waals surface area (Å²) in [5.74, 6) is -0.272. The van der Waals surface area contributed by atoms with E-state index in [1.165, 1.54) is 0 Å². The van der Waals surface area contributed by atoms with E-state index in [0.717, 1.165) is 5.46 Å². The van der Waals surface area contributed by atoms with Crippen molar-refractivity contribution in [3.05, 3.63) is 24.0 Å². The first-order valence-electron chi connectivity index (χ1n) is 8.73. The number of aromatic nitrogens is 2. The van der Waals surface area contributed by atoms with Gasteiger partial charge in [-0.15, -0.1) is 0 Å². The number of amides is 1. The van der Waals surface area contributed by atoms with E-state index in [1.807, 2.05) is 33.8 Å². The van der Waals surface area contributed by atoms with Gasteiger partial charge in [-0.1, -0.05) is 0 Å². The summed E-state index contributed by atoms with van der Waals surface area (Å²) in [6.45, 7) is 11.4. The number of carbonyl (C=O) groups is 1. The van der Waals surface area contributed by atoms with Gasteiger partial charge in [0.1, 0.15) is 5.65 Å². The van der Waals surface area contributed by atoms with E-state index in [0.29, 0.717) is 16.6 Å².